The fraction of sp³-hybridized carbons (Fsp3) is 0.363. The quantitative estimate of drug-likeness (QED) is 0.0240. The van der Waals surface area contributed by atoms with Gasteiger partial charge >= 0.3 is 0 Å². The number of ether oxygens (including phenoxy) is 8. The van der Waals surface area contributed by atoms with Crippen molar-refractivity contribution in [1.29, 1.82) is 0 Å². The average Bonchev–Trinajstić information content (AvgIpc) is 0.869. The number of fused-ring (bicyclic) bond motifs is 3. The van der Waals surface area contributed by atoms with E-state index in [1.165, 1.54) is 16.5 Å². The Morgan fingerprint density at radius 2 is 0.808 bits per heavy atom. The van der Waals surface area contributed by atoms with Gasteiger partial charge in [0.2, 0.25) is 35.4 Å². The van der Waals surface area contributed by atoms with Crippen LogP contribution >= 0.6 is 0 Å². The Labute approximate surface area is 704 Å². The Hall–Kier alpha value is -11.2. The second-order valence-electron chi connectivity index (χ2n) is 31.9. The number of aromatic nitrogens is 9. The van der Waals surface area contributed by atoms with Gasteiger partial charge in [0.25, 0.3) is 0 Å². The van der Waals surface area contributed by atoms with Crippen LogP contribution < -0.4 is 19.5 Å². The largest absolute Gasteiger partial charge is 0.439 e. The number of carbonyl (C=O) groups excluding carboxylic acids is 4. The summed E-state index contributed by atoms with van der Waals surface area (Å²) in [7, 11) is 2.43. The predicted octanol–water partition coefficient (Wildman–Crippen LogP) is 14.9. The minimum Gasteiger partial charge on any atom is -0.439 e. The Morgan fingerprint density at radius 3 is 1.18 bits per heavy atom. The number of benzene rings is 6. The van der Waals surface area contributed by atoms with Crippen LogP contribution in [0, 0.1) is 0 Å². The van der Waals surface area contributed by atoms with E-state index in [9.17, 15) is 19.2 Å². The molecule has 0 bridgehead atoms. The van der Waals surface area contributed by atoms with E-state index in [4.69, 9.17) is 37.9 Å². The molecule has 0 spiro atoms. The smallest absolute Gasteiger partial charge is 0.248 e. The van der Waals surface area contributed by atoms with Crippen LogP contribution in [0.25, 0.3) is 66.1 Å². The third-order valence-corrected chi connectivity index (χ3v) is 23.8. The number of piperazine rings is 3. The Morgan fingerprint density at radius 1 is 0.425 bits per heavy atom. The molecule has 12 aromatic rings. The molecule has 0 radical (unpaired) electrons. The molecule has 6 aromatic heterocycles. The number of aromatic amines is 1. The van der Waals surface area contributed by atoms with E-state index >= 15 is 0 Å². The zero-order chi connectivity index (χ0) is 83.5. The first-order valence-electron chi connectivity index (χ1n) is 40.3. The normalized spacial score (nSPS) is 13.9. The highest BCUT2D eigenvalue weighted by Gasteiger charge is 2.24. The summed E-state index contributed by atoms with van der Waals surface area (Å²) < 4.78 is 48.1. The second-order valence-corrected chi connectivity index (χ2v) is 43.1. The van der Waals surface area contributed by atoms with Gasteiger partial charge in [0, 0.05) is 220 Å². The summed E-state index contributed by atoms with van der Waals surface area (Å²) >= 11 is 0. The number of carbonyl (C=O) groups is 4. The molecule has 6 aromatic carbocycles. The minimum atomic E-state index is -1.12. The molecule has 3 fully saturated rings. The molecule has 632 valence electrons. The Bertz CT molecular complexity index is 5230. The van der Waals surface area contributed by atoms with Crippen LogP contribution in [0.4, 0.5) is 0 Å². The van der Waals surface area contributed by atoms with Gasteiger partial charge in [-0.05, 0) is 147 Å². The molecular formula is C91H113N15O12Si2. The molecule has 15 rings (SSSR count). The maximum absolute atomic E-state index is 12.1. The molecule has 120 heavy (non-hydrogen) atoms. The average molecular weight is 1670 g/mol. The number of hydrogen-bond donors (Lipinski definition) is 2. The van der Waals surface area contributed by atoms with Crippen molar-refractivity contribution in [3.05, 3.63) is 218 Å². The lowest BCUT2D eigenvalue weighted by Gasteiger charge is -2.34. The van der Waals surface area contributed by atoms with E-state index in [0.717, 1.165) is 195 Å². The standard InChI is InChI=1S/C32H41N5O4Si.C26H27N5O3.C25H27N3O3Si.C7H14N2O2.CH4/c1-39-23-32(38)36-15-13-35(14-16-36)22-25-5-6-27-20-29(9-7-26(27)19-25)41-31-10-8-28(21-33-31)30-11-12-34-37(30)24-40-17-18-42(2,3)4;1-33-18-26(32)31-12-10-30(11-13-31)17-19-2-3-21-15-23(6-4-20(21)14-19)34-25-7-5-22(16-27-25)24-8-9-28-29-24;1-32(2,3)13-12-30-18-28-24(10-11-27-28)22-7-9-25(26-16-22)31-23-8-6-20-14-19(17-29)4-5-21(20)15-23;1-11-6-7(10)9-4-2-8-3-5-9;/h5-12,19-21H,13-18,22-24H2,1-4H3;2-9,14-16H,10-13,17-18H2,1H3,(H,28,29);4-11,14-17H,12-13,18H2,1-3H3;8H,2-6H2,1H3;1H4. The molecule has 3 amide bonds. The van der Waals surface area contributed by atoms with Gasteiger partial charge in [-0.25, -0.2) is 24.3 Å². The lowest BCUT2D eigenvalue weighted by atomic mass is 10.1. The highest BCUT2D eigenvalue weighted by atomic mass is 28.3. The molecule has 0 atom stereocenters. The van der Waals surface area contributed by atoms with Crippen molar-refractivity contribution in [1.82, 2.24) is 74.5 Å². The van der Waals surface area contributed by atoms with Crippen molar-refractivity contribution in [3.8, 4) is 68.7 Å². The van der Waals surface area contributed by atoms with E-state index in [2.05, 4.69) is 138 Å². The first-order valence-corrected chi connectivity index (χ1v) is 47.7. The lowest BCUT2D eigenvalue weighted by Crippen LogP contribution is -2.49. The first kappa shape index (κ1) is 89.6. The molecular weight excluding hydrogens is 1550 g/mol. The van der Waals surface area contributed by atoms with Gasteiger partial charge < -0.3 is 57.9 Å². The van der Waals surface area contributed by atoms with Crippen molar-refractivity contribution in [2.75, 3.05) is 133 Å². The van der Waals surface area contributed by atoms with Gasteiger partial charge in [-0.3, -0.25) is 34.1 Å². The van der Waals surface area contributed by atoms with Crippen LogP contribution in [0.5, 0.6) is 34.9 Å². The molecule has 0 aliphatic carbocycles. The molecule has 27 nitrogen and oxygen atoms in total. The number of H-pyrrole nitrogens is 1. The van der Waals surface area contributed by atoms with E-state index in [1.54, 1.807) is 58.4 Å². The van der Waals surface area contributed by atoms with Crippen molar-refractivity contribution < 1.29 is 57.1 Å². The summed E-state index contributed by atoms with van der Waals surface area (Å²) in [5.74, 6) is 3.99. The highest BCUT2D eigenvalue weighted by molar-refractivity contribution is 6.76. The number of methoxy groups -OCH3 is 3. The number of hydrogen-bond acceptors (Lipinski definition) is 21. The van der Waals surface area contributed by atoms with Crippen molar-refractivity contribution in [2.45, 2.75) is 85.3 Å². The van der Waals surface area contributed by atoms with Gasteiger partial charge in [0.15, 0.2) is 0 Å². The zero-order valence-corrected chi connectivity index (χ0v) is 71.6. The van der Waals surface area contributed by atoms with Gasteiger partial charge in [0.1, 0.15) is 56.8 Å². The minimum absolute atomic E-state index is 0. The van der Waals surface area contributed by atoms with Crippen LogP contribution in [-0.4, -0.2) is 242 Å². The molecule has 0 saturated carbocycles. The summed E-state index contributed by atoms with van der Waals surface area (Å²) in [6.45, 7) is 28.5. The summed E-state index contributed by atoms with van der Waals surface area (Å²) in [6, 6.07) is 56.1. The highest BCUT2D eigenvalue weighted by Crippen LogP contribution is 2.32. The first-order chi connectivity index (χ1) is 57.7. The molecule has 29 heteroatoms. The molecule has 0 unspecified atom stereocenters. The van der Waals surface area contributed by atoms with Gasteiger partial charge in [-0.2, -0.15) is 15.3 Å². The zero-order valence-electron chi connectivity index (χ0n) is 69.6. The second kappa shape index (κ2) is 44.2. The van der Waals surface area contributed by atoms with Gasteiger partial charge in [-0.1, -0.05) is 101 Å². The predicted molar refractivity (Wildman–Crippen MR) is 474 cm³/mol. The molecule has 3 aliphatic heterocycles. The number of amides is 3. The number of nitrogens with zero attached hydrogens (tertiary/aromatic N) is 13. The number of pyridine rings is 3. The molecule has 9 heterocycles. The van der Waals surface area contributed by atoms with Crippen LogP contribution in [0.1, 0.15) is 28.9 Å². The molecule has 2 N–H and O–H groups in total. The van der Waals surface area contributed by atoms with Crippen molar-refractivity contribution >= 4 is 72.5 Å². The topological polar surface area (TPSA) is 273 Å². The van der Waals surface area contributed by atoms with E-state index in [-0.39, 0.29) is 45.0 Å². The van der Waals surface area contributed by atoms with Gasteiger partial charge in [-0.15, -0.1) is 0 Å². The number of nitrogens with one attached hydrogen (secondary N) is 2. The van der Waals surface area contributed by atoms with Crippen LogP contribution in [0.2, 0.25) is 51.4 Å². The monoisotopic (exact) mass is 1660 g/mol. The summed E-state index contributed by atoms with van der Waals surface area (Å²) in [6.07, 6.45) is 11.5. The summed E-state index contributed by atoms with van der Waals surface area (Å²) in [5.41, 5.74) is 8.87. The van der Waals surface area contributed by atoms with Crippen molar-refractivity contribution in [2.24, 2.45) is 0 Å². The number of aldehydes is 1. The van der Waals surface area contributed by atoms with Crippen LogP contribution in [0.3, 0.4) is 0 Å². The fourth-order valence-corrected chi connectivity index (χ4v) is 15.1. The Kier molecular flexibility index (Phi) is 33.0. The van der Waals surface area contributed by atoms with E-state index < -0.39 is 16.1 Å². The maximum atomic E-state index is 12.1. The maximum Gasteiger partial charge on any atom is 0.248 e. The van der Waals surface area contributed by atoms with Crippen LogP contribution in [0.15, 0.2) is 201 Å². The SMILES string of the molecule is C.COCC(=O)N1CCN(Cc2ccc3cc(Oc4ccc(-c5ccn[nH]5)cn4)ccc3c2)CC1.COCC(=O)N1CCN(Cc2ccc3cc(Oc4ccc(-c5ccnn5COCC[Si](C)(C)C)cn4)ccc3c2)CC1.COCC(=O)N1CCNCC1.C[Si](C)(C)CCOCn1nccc1-c1ccc(Oc2ccc3cc(C=O)ccc3c2)nc1. The van der Waals surface area contributed by atoms with E-state index in [0.29, 0.717) is 42.4 Å². The van der Waals surface area contributed by atoms with Crippen LogP contribution in [-0.2, 0) is 64.6 Å². The fourth-order valence-electron chi connectivity index (χ4n) is 13.6. The third kappa shape index (κ3) is 26.9. The summed E-state index contributed by atoms with van der Waals surface area (Å²) in [4.78, 5) is 69.9. The van der Waals surface area contributed by atoms with Crippen molar-refractivity contribution in [3.63, 3.8) is 0 Å². The molecule has 3 saturated heterocycles. The van der Waals surface area contributed by atoms with E-state index in [1.807, 2.05) is 139 Å². The third-order valence-electron chi connectivity index (χ3n) is 20.4. The lowest BCUT2D eigenvalue weighted by molar-refractivity contribution is -0.137. The molecule has 3 aliphatic rings. The number of rotatable bonds is 30. The summed E-state index contributed by atoms with van der Waals surface area (Å²) in [5, 5.41) is 25.4. The van der Waals surface area contributed by atoms with Gasteiger partial charge in [0.05, 0.1) is 17.1 Å². The Balaban J connectivity index is 0.000000166.